The SMILES string of the molecule is CCCc1ccc(NC(=O)c2ccc3ccncc3c2)cc1. The summed E-state index contributed by atoms with van der Waals surface area (Å²) >= 11 is 0. The molecule has 0 bridgehead atoms. The third-order valence-electron chi connectivity index (χ3n) is 3.65. The largest absolute Gasteiger partial charge is 0.322 e. The molecule has 3 nitrogen and oxygen atoms in total. The van der Waals surface area contributed by atoms with E-state index in [2.05, 4.69) is 29.4 Å². The number of amides is 1. The van der Waals surface area contributed by atoms with E-state index in [0.717, 1.165) is 29.3 Å². The molecule has 0 spiro atoms. The molecule has 1 N–H and O–H groups in total. The first-order valence-corrected chi connectivity index (χ1v) is 7.50. The van der Waals surface area contributed by atoms with Gasteiger partial charge in [0.1, 0.15) is 0 Å². The number of nitrogens with zero attached hydrogens (tertiary/aromatic N) is 1. The second-order valence-corrected chi connectivity index (χ2v) is 5.34. The smallest absolute Gasteiger partial charge is 0.255 e. The number of aryl methyl sites for hydroxylation is 1. The van der Waals surface area contributed by atoms with Crippen molar-refractivity contribution >= 4 is 22.4 Å². The van der Waals surface area contributed by atoms with E-state index in [-0.39, 0.29) is 5.91 Å². The number of carbonyl (C=O) groups is 1. The van der Waals surface area contributed by atoms with E-state index in [0.29, 0.717) is 5.56 Å². The Kier molecular flexibility index (Phi) is 4.15. The molecule has 0 radical (unpaired) electrons. The van der Waals surface area contributed by atoms with Gasteiger partial charge in [-0.15, -0.1) is 0 Å². The van der Waals surface area contributed by atoms with Crippen LogP contribution < -0.4 is 5.32 Å². The average molecular weight is 290 g/mol. The quantitative estimate of drug-likeness (QED) is 0.772. The van der Waals surface area contributed by atoms with Gasteiger partial charge in [0.15, 0.2) is 0 Å². The van der Waals surface area contributed by atoms with E-state index in [4.69, 9.17) is 0 Å². The van der Waals surface area contributed by atoms with Crippen LogP contribution in [-0.4, -0.2) is 10.9 Å². The lowest BCUT2D eigenvalue weighted by atomic mass is 10.1. The zero-order valence-electron chi connectivity index (χ0n) is 12.5. The Morgan fingerprint density at radius 2 is 1.86 bits per heavy atom. The first-order valence-electron chi connectivity index (χ1n) is 7.50. The first kappa shape index (κ1) is 14.3. The number of rotatable bonds is 4. The van der Waals surface area contributed by atoms with Gasteiger partial charge in [-0.3, -0.25) is 9.78 Å². The molecule has 3 heteroatoms. The molecular weight excluding hydrogens is 272 g/mol. The Hall–Kier alpha value is -2.68. The zero-order valence-corrected chi connectivity index (χ0v) is 12.5. The van der Waals surface area contributed by atoms with Crippen LogP contribution >= 0.6 is 0 Å². The van der Waals surface area contributed by atoms with Crippen molar-refractivity contribution in [3.8, 4) is 0 Å². The highest BCUT2D eigenvalue weighted by molar-refractivity contribution is 6.06. The van der Waals surface area contributed by atoms with E-state index in [1.165, 1.54) is 5.56 Å². The first-order chi connectivity index (χ1) is 10.8. The molecule has 1 amide bonds. The van der Waals surface area contributed by atoms with Crippen LogP contribution in [0.4, 0.5) is 5.69 Å². The molecule has 2 aromatic carbocycles. The van der Waals surface area contributed by atoms with Crippen LogP contribution in [0.2, 0.25) is 0 Å². The summed E-state index contributed by atoms with van der Waals surface area (Å²) in [4.78, 5) is 16.4. The van der Waals surface area contributed by atoms with Gasteiger partial charge in [-0.25, -0.2) is 0 Å². The van der Waals surface area contributed by atoms with Crippen molar-refractivity contribution in [3.05, 3.63) is 72.1 Å². The molecule has 0 fully saturated rings. The zero-order chi connectivity index (χ0) is 15.4. The van der Waals surface area contributed by atoms with E-state index in [9.17, 15) is 4.79 Å². The maximum atomic E-state index is 12.3. The maximum absolute atomic E-state index is 12.3. The summed E-state index contributed by atoms with van der Waals surface area (Å²) < 4.78 is 0. The molecule has 1 heterocycles. The molecule has 0 aliphatic heterocycles. The normalized spacial score (nSPS) is 10.6. The average Bonchev–Trinajstić information content (AvgIpc) is 2.56. The molecule has 0 saturated heterocycles. The highest BCUT2D eigenvalue weighted by Crippen LogP contribution is 2.17. The van der Waals surface area contributed by atoms with Crippen molar-refractivity contribution in [1.82, 2.24) is 4.98 Å². The standard InChI is InChI=1S/C19H18N2O/c1-2-3-14-4-8-18(9-5-14)21-19(22)16-7-6-15-10-11-20-13-17(15)12-16/h4-13H,2-3H2,1H3,(H,21,22). The Bertz CT molecular complexity index is 794. The van der Waals surface area contributed by atoms with Gasteiger partial charge in [-0.1, -0.05) is 31.5 Å². The topological polar surface area (TPSA) is 42.0 Å². The highest BCUT2D eigenvalue weighted by atomic mass is 16.1. The summed E-state index contributed by atoms with van der Waals surface area (Å²) in [5.74, 6) is -0.103. The summed E-state index contributed by atoms with van der Waals surface area (Å²) in [7, 11) is 0. The lowest BCUT2D eigenvalue weighted by Gasteiger charge is -2.07. The fraction of sp³-hybridized carbons (Fsp3) is 0.158. The number of carbonyl (C=O) groups excluding carboxylic acids is 1. The van der Waals surface area contributed by atoms with E-state index in [1.54, 1.807) is 12.4 Å². The Morgan fingerprint density at radius 3 is 2.64 bits per heavy atom. The predicted molar refractivity (Wildman–Crippen MR) is 90.1 cm³/mol. The van der Waals surface area contributed by atoms with Crippen molar-refractivity contribution in [2.75, 3.05) is 5.32 Å². The second-order valence-electron chi connectivity index (χ2n) is 5.34. The molecule has 1 aromatic heterocycles. The molecule has 0 aliphatic carbocycles. The lowest BCUT2D eigenvalue weighted by Crippen LogP contribution is -2.11. The molecule has 0 aliphatic rings. The monoisotopic (exact) mass is 290 g/mol. The molecule has 3 aromatic rings. The van der Waals surface area contributed by atoms with Crippen LogP contribution in [0, 0.1) is 0 Å². The minimum absolute atomic E-state index is 0.103. The van der Waals surface area contributed by atoms with Crippen LogP contribution in [0.5, 0.6) is 0 Å². The second kappa shape index (κ2) is 6.39. The molecule has 22 heavy (non-hydrogen) atoms. The van der Waals surface area contributed by atoms with Gasteiger partial charge in [-0.2, -0.15) is 0 Å². The molecule has 0 saturated carbocycles. The molecule has 3 rings (SSSR count). The number of aromatic nitrogens is 1. The third kappa shape index (κ3) is 3.14. The summed E-state index contributed by atoms with van der Waals surface area (Å²) in [5.41, 5.74) is 2.74. The summed E-state index contributed by atoms with van der Waals surface area (Å²) in [6.45, 7) is 2.16. The number of pyridine rings is 1. The Morgan fingerprint density at radius 1 is 1.05 bits per heavy atom. The fourth-order valence-electron chi connectivity index (χ4n) is 2.47. The summed E-state index contributed by atoms with van der Waals surface area (Å²) in [6.07, 6.45) is 5.70. The number of fused-ring (bicyclic) bond motifs is 1. The van der Waals surface area contributed by atoms with Gasteiger partial charge < -0.3 is 5.32 Å². The summed E-state index contributed by atoms with van der Waals surface area (Å²) in [6, 6.07) is 15.6. The van der Waals surface area contributed by atoms with Gasteiger partial charge in [0, 0.05) is 29.0 Å². The molecule has 0 atom stereocenters. The van der Waals surface area contributed by atoms with Crippen molar-refractivity contribution in [3.63, 3.8) is 0 Å². The van der Waals surface area contributed by atoms with Gasteiger partial charge in [-0.05, 0) is 47.7 Å². The van der Waals surface area contributed by atoms with Gasteiger partial charge in [0.05, 0.1) is 0 Å². The van der Waals surface area contributed by atoms with Crippen LogP contribution in [0.25, 0.3) is 10.8 Å². The number of nitrogens with one attached hydrogen (secondary N) is 1. The maximum Gasteiger partial charge on any atom is 0.255 e. The summed E-state index contributed by atoms with van der Waals surface area (Å²) in [5, 5.41) is 4.98. The van der Waals surface area contributed by atoms with Crippen molar-refractivity contribution in [2.45, 2.75) is 19.8 Å². The van der Waals surface area contributed by atoms with Crippen molar-refractivity contribution in [2.24, 2.45) is 0 Å². The minimum Gasteiger partial charge on any atom is -0.322 e. The van der Waals surface area contributed by atoms with Crippen LogP contribution in [-0.2, 0) is 6.42 Å². The fourth-order valence-corrected chi connectivity index (χ4v) is 2.47. The molecule has 110 valence electrons. The Balaban J connectivity index is 1.77. The minimum atomic E-state index is -0.103. The van der Waals surface area contributed by atoms with Crippen molar-refractivity contribution < 1.29 is 4.79 Å². The molecule has 0 unspecified atom stereocenters. The number of hydrogen-bond donors (Lipinski definition) is 1. The van der Waals surface area contributed by atoms with Crippen LogP contribution in [0.15, 0.2) is 60.9 Å². The van der Waals surface area contributed by atoms with E-state index < -0.39 is 0 Å². The number of hydrogen-bond acceptors (Lipinski definition) is 2. The number of anilines is 1. The van der Waals surface area contributed by atoms with Gasteiger partial charge in [0.25, 0.3) is 5.91 Å². The van der Waals surface area contributed by atoms with E-state index >= 15 is 0 Å². The highest BCUT2D eigenvalue weighted by Gasteiger charge is 2.07. The Labute approximate surface area is 130 Å². The lowest BCUT2D eigenvalue weighted by molar-refractivity contribution is 0.102. The molecular formula is C19H18N2O. The number of benzene rings is 2. The third-order valence-corrected chi connectivity index (χ3v) is 3.65. The van der Waals surface area contributed by atoms with E-state index in [1.807, 2.05) is 36.4 Å². The van der Waals surface area contributed by atoms with Gasteiger partial charge in [0.2, 0.25) is 0 Å². The van der Waals surface area contributed by atoms with Crippen molar-refractivity contribution in [1.29, 1.82) is 0 Å². The predicted octanol–water partition coefficient (Wildman–Crippen LogP) is 4.44. The van der Waals surface area contributed by atoms with Crippen LogP contribution in [0.1, 0.15) is 29.3 Å². The van der Waals surface area contributed by atoms with Crippen LogP contribution in [0.3, 0.4) is 0 Å². The van der Waals surface area contributed by atoms with Gasteiger partial charge >= 0.3 is 0 Å².